The molecule has 6 rings (SSSR count). The van der Waals surface area contributed by atoms with Gasteiger partial charge in [-0.25, -0.2) is 24.0 Å². The van der Waals surface area contributed by atoms with Crippen molar-refractivity contribution in [1.29, 1.82) is 0 Å². The maximum absolute atomic E-state index is 13.3. The van der Waals surface area contributed by atoms with Crippen molar-refractivity contribution in [2.45, 2.75) is 38.8 Å². The fraction of sp³-hybridized carbons (Fsp3) is 0.286. The van der Waals surface area contributed by atoms with Crippen molar-refractivity contribution in [3.8, 4) is 5.88 Å². The van der Waals surface area contributed by atoms with E-state index in [0.717, 1.165) is 16.5 Å². The lowest BCUT2D eigenvalue weighted by Gasteiger charge is -2.25. The van der Waals surface area contributed by atoms with E-state index >= 15 is 0 Å². The monoisotopic (exact) mass is 628 g/mol. The molecule has 0 aliphatic heterocycles. The van der Waals surface area contributed by atoms with Crippen LogP contribution < -0.4 is 21.3 Å². The van der Waals surface area contributed by atoms with Crippen LogP contribution in [0.4, 0.5) is 23.1 Å². The van der Waals surface area contributed by atoms with Crippen LogP contribution in [0.3, 0.4) is 0 Å². The molecule has 236 valence electrons. The molecule has 1 unspecified atom stereocenters. The first-order valence-corrected chi connectivity index (χ1v) is 14.1. The smallest absolute Gasteiger partial charge is 0.329 e. The van der Waals surface area contributed by atoms with Crippen LogP contribution in [0.2, 0.25) is 0 Å². The van der Waals surface area contributed by atoms with Gasteiger partial charge in [-0.05, 0) is 52.9 Å². The van der Waals surface area contributed by atoms with Crippen molar-refractivity contribution in [1.82, 2.24) is 45.9 Å². The molecule has 18 heteroatoms. The van der Waals surface area contributed by atoms with Gasteiger partial charge >= 0.3 is 5.97 Å². The molecule has 1 amide bonds. The number of aromatic hydroxyl groups is 1. The summed E-state index contributed by atoms with van der Waals surface area (Å²) in [5.41, 5.74) is 0.276. The van der Waals surface area contributed by atoms with Gasteiger partial charge in [-0.1, -0.05) is 36.4 Å². The van der Waals surface area contributed by atoms with Crippen molar-refractivity contribution >= 4 is 68.4 Å². The quantitative estimate of drug-likeness (QED) is 0.102. The maximum atomic E-state index is 13.3. The Labute approximate surface area is 259 Å². The SMILES string of the molecule is CC(C)(C)OC(=O)C(CC(=O)NCCNc1nc2nonc2nc1O)Nc1nc2nonc2nc1Nc1cccc2ccccc12. The number of nitrogens with one attached hydrogen (secondary N) is 4. The number of carbonyl (C=O) groups is 2. The molecule has 0 fully saturated rings. The number of aromatic nitrogens is 8. The van der Waals surface area contributed by atoms with Crippen LogP contribution in [0.1, 0.15) is 27.2 Å². The fourth-order valence-corrected chi connectivity index (χ4v) is 4.41. The summed E-state index contributed by atoms with van der Waals surface area (Å²) in [5, 5.41) is 38.5. The van der Waals surface area contributed by atoms with Crippen LogP contribution in [0.25, 0.3) is 33.4 Å². The van der Waals surface area contributed by atoms with E-state index in [4.69, 9.17) is 9.37 Å². The molecule has 4 heterocycles. The number of benzene rings is 2. The number of carbonyl (C=O) groups excluding carboxylic acids is 2. The number of hydrogen-bond acceptors (Lipinski definition) is 17. The third kappa shape index (κ3) is 6.79. The standard InChI is InChI=1S/C28H28N12O6/c1-28(2,3)44-27(43)17(13-18(41)29-11-12-30-25-26(42)36-24-23(35-25)39-46-40-24)32-20-19(33-21-22(34-20)38-45-37-21)31-16-10-6-8-14-7-4-5-9-15(14)16/h4-10,17H,11-13H2,1-3H3,(H,29,41)(H,30,35,39)(H,31,33,37)(H,32,34,38)(H,36,40,42). The Balaban J connectivity index is 1.19. The Morgan fingerprint density at radius 3 is 2.17 bits per heavy atom. The van der Waals surface area contributed by atoms with E-state index in [2.05, 4.69) is 66.5 Å². The number of rotatable bonds is 11. The highest BCUT2D eigenvalue weighted by molar-refractivity contribution is 5.96. The van der Waals surface area contributed by atoms with E-state index in [1.807, 2.05) is 42.5 Å². The highest BCUT2D eigenvalue weighted by Gasteiger charge is 2.29. The lowest BCUT2D eigenvalue weighted by atomic mass is 10.1. The van der Waals surface area contributed by atoms with Crippen LogP contribution >= 0.6 is 0 Å². The average molecular weight is 629 g/mol. The van der Waals surface area contributed by atoms with Gasteiger partial charge in [0.15, 0.2) is 17.5 Å². The Morgan fingerprint density at radius 2 is 1.46 bits per heavy atom. The predicted octanol–water partition coefficient (Wildman–Crippen LogP) is 2.68. The molecule has 0 spiro atoms. The van der Waals surface area contributed by atoms with Crippen molar-refractivity contribution < 1.29 is 28.7 Å². The molecule has 18 nitrogen and oxygen atoms in total. The topological polar surface area (TPSA) is 241 Å². The summed E-state index contributed by atoms with van der Waals surface area (Å²) < 4.78 is 15.0. The third-order valence-corrected chi connectivity index (χ3v) is 6.38. The molecule has 0 aliphatic carbocycles. The molecule has 0 aliphatic rings. The Morgan fingerprint density at radius 1 is 0.826 bits per heavy atom. The summed E-state index contributed by atoms with van der Waals surface area (Å²) in [5.74, 6) is -1.19. The third-order valence-electron chi connectivity index (χ3n) is 6.38. The van der Waals surface area contributed by atoms with Gasteiger partial charge in [0.2, 0.25) is 28.5 Å². The number of nitrogens with zero attached hydrogens (tertiary/aromatic N) is 8. The molecule has 2 aromatic carbocycles. The summed E-state index contributed by atoms with van der Waals surface area (Å²) in [6.45, 7) is 5.44. The number of fused-ring (bicyclic) bond motifs is 3. The number of amides is 1. The minimum atomic E-state index is -1.18. The van der Waals surface area contributed by atoms with E-state index in [1.54, 1.807) is 20.8 Å². The van der Waals surface area contributed by atoms with Crippen LogP contribution in [-0.4, -0.2) is 82.3 Å². The fourth-order valence-electron chi connectivity index (χ4n) is 4.41. The summed E-state index contributed by atoms with van der Waals surface area (Å²) in [4.78, 5) is 43.2. The molecular formula is C28H28N12O6. The normalized spacial score (nSPS) is 12.2. The van der Waals surface area contributed by atoms with Crippen molar-refractivity contribution in [2.24, 2.45) is 0 Å². The van der Waals surface area contributed by atoms with Crippen molar-refractivity contribution in [3.05, 3.63) is 42.5 Å². The average Bonchev–Trinajstić information content (AvgIpc) is 3.67. The Hall–Kier alpha value is -6.20. The largest absolute Gasteiger partial charge is 0.491 e. The van der Waals surface area contributed by atoms with Gasteiger partial charge in [-0.3, -0.25) is 4.79 Å². The van der Waals surface area contributed by atoms with Gasteiger partial charge in [-0.15, -0.1) is 0 Å². The number of esters is 1. The highest BCUT2D eigenvalue weighted by atomic mass is 16.6. The molecule has 1 atom stereocenters. The zero-order chi connectivity index (χ0) is 32.3. The van der Waals surface area contributed by atoms with Crippen molar-refractivity contribution in [3.63, 3.8) is 0 Å². The summed E-state index contributed by atoms with van der Waals surface area (Å²) in [7, 11) is 0. The van der Waals surface area contributed by atoms with Crippen LogP contribution in [-0.2, 0) is 14.3 Å². The lowest BCUT2D eigenvalue weighted by molar-refractivity contribution is -0.156. The molecule has 4 aromatic heterocycles. The van der Waals surface area contributed by atoms with E-state index in [0.29, 0.717) is 0 Å². The summed E-state index contributed by atoms with van der Waals surface area (Å²) in [6, 6.07) is 12.3. The van der Waals surface area contributed by atoms with Crippen LogP contribution in [0, 0.1) is 0 Å². The van der Waals surface area contributed by atoms with E-state index in [-0.39, 0.29) is 59.6 Å². The first kappa shape index (κ1) is 29.9. The number of anilines is 4. The highest BCUT2D eigenvalue weighted by Crippen LogP contribution is 2.30. The second kappa shape index (κ2) is 12.4. The molecule has 0 saturated carbocycles. The van der Waals surface area contributed by atoms with Gasteiger partial charge in [0.05, 0.1) is 6.42 Å². The second-order valence-electron chi connectivity index (χ2n) is 11.0. The predicted molar refractivity (Wildman–Crippen MR) is 163 cm³/mol. The minimum absolute atomic E-state index is 0.0354. The maximum Gasteiger partial charge on any atom is 0.329 e. The second-order valence-corrected chi connectivity index (χ2v) is 11.0. The van der Waals surface area contributed by atoms with Gasteiger partial charge in [0.25, 0.3) is 5.88 Å². The molecule has 0 saturated heterocycles. The van der Waals surface area contributed by atoms with Crippen LogP contribution in [0.5, 0.6) is 5.88 Å². The number of hydrogen-bond donors (Lipinski definition) is 5. The Bertz CT molecular complexity index is 2030. The van der Waals surface area contributed by atoms with E-state index in [1.165, 1.54) is 0 Å². The Kier molecular flexibility index (Phi) is 8.06. The molecule has 46 heavy (non-hydrogen) atoms. The van der Waals surface area contributed by atoms with Gasteiger partial charge in [-0.2, -0.15) is 9.97 Å². The first-order chi connectivity index (χ1) is 22.1. The number of ether oxygens (including phenoxy) is 1. The van der Waals surface area contributed by atoms with Crippen LogP contribution in [0.15, 0.2) is 51.7 Å². The van der Waals surface area contributed by atoms with Gasteiger partial charge < -0.3 is 31.1 Å². The summed E-state index contributed by atoms with van der Waals surface area (Å²) in [6.07, 6.45) is -0.318. The van der Waals surface area contributed by atoms with E-state index < -0.39 is 29.4 Å². The molecular weight excluding hydrogens is 600 g/mol. The van der Waals surface area contributed by atoms with Gasteiger partial charge in [0.1, 0.15) is 11.6 Å². The molecule has 0 bridgehead atoms. The zero-order valence-electron chi connectivity index (χ0n) is 24.8. The first-order valence-electron chi connectivity index (χ1n) is 14.1. The summed E-state index contributed by atoms with van der Waals surface area (Å²) >= 11 is 0. The zero-order valence-corrected chi connectivity index (χ0v) is 24.8. The van der Waals surface area contributed by atoms with E-state index in [9.17, 15) is 14.7 Å². The van der Waals surface area contributed by atoms with Crippen molar-refractivity contribution in [2.75, 3.05) is 29.0 Å². The molecule has 6 aromatic rings. The molecule has 0 radical (unpaired) electrons. The lowest BCUT2D eigenvalue weighted by Crippen LogP contribution is -2.41. The minimum Gasteiger partial charge on any atom is -0.491 e. The molecule has 5 N–H and O–H groups in total. The van der Waals surface area contributed by atoms with Gasteiger partial charge in [0, 0.05) is 24.2 Å².